The van der Waals surface area contributed by atoms with Crippen molar-refractivity contribution in [1.82, 2.24) is 9.80 Å². The number of anilines is 1. The van der Waals surface area contributed by atoms with Crippen LogP contribution in [0.1, 0.15) is 38.7 Å². The second kappa shape index (κ2) is 5.44. The average molecular weight is 381 g/mol. The van der Waals surface area contributed by atoms with Crippen molar-refractivity contribution < 1.29 is 19.5 Å². The third-order valence-electron chi connectivity index (χ3n) is 6.69. The van der Waals surface area contributed by atoms with Gasteiger partial charge in [0.05, 0.1) is 6.04 Å². The summed E-state index contributed by atoms with van der Waals surface area (Å²) < 4.78 is 0. The minimum atomic E-state index is -1.79. The number of aliphatic hydroxyl groups is 1. The number of benzene rings is 1. The van der Waals surface area contributed by atoms with Gasteiger partial charge in [0.25, 0.3) is 5.91 Å². The van der Waals surface area contributed by atoms with Crippen LogP contribution in [0.4, 0.5) is 5.69 Å². The first-order chi connectivity index (χ1) is 13.3. The predicted molar refractivity (Wildman–Crippen MR) is 101 cm³/mol. The molecule has 7 heteroatoms. The summed E-state index contributed by atoms with van der Waals surface area (Å²) in [5.74, 6) is -0.926. The van der Waals surface area contributed by atoms with Crippen molar-refractivity contribution in [2.45, 2.75) is 56.3 Å². The van der Waals surface area contributed by atoms with E-state index in [0.29, 0.717) is 13.0 Å². The third-order valence-corrected chi connectivity index (χ3v) is 6.69. The van der Waals surface area contributed by atoms with E-state index in [9.17, 15) is 19.5 Å². The van der Waals surface area contributed by atoms with Crippen LogP contribution in [0.2, 0.25) is 0 Å². The number of hydrogen-bond acceptors (Lipinski definition) is 4. The molecule has 0 unspecified atom stereocenters. The topological polar surface area (TPSA) is 90.0 Å². The molecule has 0 saturated carbocycles. The van der Waals surface area contributed by atoms with Gasteiger partial charge in [-0.1, -0.05) is 29.8 Å². The van der Waals surface area contributed by atoms with E-state index in [-0.39, 0.29) is 24.7 Å². The van der Waals surface area contributed by atoms with Gasteiger partial charge >= 0.3 is 0 Å². The van der Waals surface area contributed by atoms with E-state index < -0.39 is 29.1 Å². The Balaban J connectivity index is 1.72. The van der Waals surface area contributed by atoms with Crippen molar-refractivity contribution in [1.29, 1.82) is 0 Å². The first-order valence-electron chi connectivity index (χ1n) is 9.73. The van der Waals surface area contributed by atoms with Crippen LogP contribution in [0, 0.1) is 0 Å². The molecule has 4 aliphatic heterocycles. The lowest BCUT2D eigenvalue weighted by Gasteiger charge is -2.45. The summed E-state index contributed by atoms with van der Waals surface area (Å²) in [6.07, 6.45) is 2.94. The first-order valence-corrected chi connectivity index (χ1v) is 9.73. The molecular formula is C21H23N3O4. The van der Waals surface area contributed by atoms with Crippen LogP contribution < -0.4 is 5.32 Å². The molecule has 3 saturated heterocycles. The van der Waals surface area contributed by atoms with Crippen molar-refractivity contribution in [3.8, 4) is 0 Å². The Morgan fingerprint density at radius 3 is 2.75 bits per heavy atom. The van der Waals surface area contributed by atoms with E-state index in [4.69, 9.17) is 0 Å². The SMILES string of the molecule is CC(C)=C[C@@H]1N2C(=O)[C@]3(O)CCCN3C(=O)[C@@H]2C[C@@]12C(=O)Nc1ccccc12. The monoisotopic (exact) mass is 381 g/mol. The second-order valence-corrected chi connectivity index (χ2v) is 8.50. The summed E-state index contributed by atoms with van der Waals surface area (Å²) in [6, 6.07) is 6.09. The molecule has 4 atom stereocenters. The van der Waals surface area contributed by atoms with Crippen molar-refractivity contribution in [3.05, 3.63) is 41.5 Å². The highest BCUT2D eigenvalue weighted by Gasteiger charge is 2.69. The van der Waals surface area contributed by atoms with Crippen LogP contribution in [0.25, 0.3) is 0 Å². The Bertz CT molecular complexity index is 953. The highest BCUT2D eigenvalue weighted by molar-refractivity contribution is 6.10. The van der Waals surface area contributed by atoms with E-state index >= 15 is 0 Å². The number of carbonyl (C=O) groups is 3. The number of para-hydroxylation sites is 1. The maximum Gasteiger partial charge on any atom is 0.277 e. The van der Waals surface area contributed by atoms with Crippen molar-refractivity contribution in [3.63, 3.8) is 0 Å². The van der Waals surface area contributed by atoms with Crippen LogP contribution in [-0.2, 0) is 19.8 Å². The molecule has 0 radical (unpaired) electrons. The summed E-state index contributed by atoms with van der Waals surface area (Å²) in [5, 5.41) is 14.0. The van der Waals surface area contributed by atoms with Gasteiger partial charge in [-0.15, -0.1) is 0 Å². The first kappa shape index (κ1) is 17.4. The Hall–Kier alpha value is -2.67. The minimum Gasteiger partial charge on any atom is -0.363 e. The molecule has 4 aliphatic rings. The molecule has 146 valence electrons. The van der Waals surface area contributed by atoms with Gasteiger partial charge in [-0.2, -0.15) is 0 Å². The lowest BCUT2D eigenvalue weighted by molar-refractivity contribution is -0.191. The molecule has 3 fully saturated rings. The fourth-order valence-corrected chi connectivity index (χ4v) is 5.51. The van der Waals surface area contributed by atoms with Gasteiger partial charge in [-0.05, 0) is 38.3 Å². The molecule has 5 rings (SSSR count). The number of amides is 3. The normalized spacial score (nSPS) is 35.8. The van der Waals surface area contributed by atoms with Crippen LogP contribution >= 0.6 is 0 Å². The van der Waals surface area contributed by atoms with Gasteiger partial charge in [0.2, 0.25) is 17.5 Å². The molecule has 7 nitrogen and oxygen atoms in total. The molecule has 4 heterocycles. The fourth-order valence-electron chi connectivity index (χ4n) is 5.51. The summed E-state index contributed by atoms with van der Waals surface area (Å²) in [6.45, 7) is 4.19. The van der Waals surface area contributed by atoms with Gasteiger partial charge in [0.1, 0.15) is 11.5 Å². The largest absolute Gasteiger partial charge is 0.363 e. The van der Waals surface area contributed by atoms with Gasteiger partial charge in [-0.25, -0.2) is 0 Å². The molecule has 28 heavy (non-hydrogen) atoms. The standard InChI is InChI=1S/C21H23N3O4/c1-12(2)10-16-20(13-6-3-4-7-14(13)22-18(20)26)11-15-17(25)23-9-5-8-21(23,28)19(27)24(15)16/h3-4,6-7,10,15-16,28H,5,8-9,11H2,1-2H3,(H,22,26)/t15-,16-,20-,21+/m0/s1. The number of allylic oxidation sites excluding steroid dienone is 1. The minimum absolute atomic E-state index is 0.196. The molecular weight excluding hydrogens is 358 g/mol. The Labute approximate surface area is 163 Å². The van der Waals surface area contributed by atoms with Crippen molar-refractivity contribution in [2.75, 3.05) is 11.9 Å². The number of nitrogens with one attached hydrogen (secondary N) is 1. The van der Waals surface area contributed by atoms with Crippen molar-refractivity contribution in [2.24, 2.45) is 0 Å². The van der Waals surface area contributed by atoms with E-state index in [2.05, 4.69) is 5.32 Å². The lowest BCUT2D eigenvalue weighted by Crippen LogP contribution is -2.69. The van der Waals surface area contributed by atoms with E-state index in [0.717, 1.165) is 16.8 Å². The van der Waals surface area contributed by atoms with Crippen LogP contribution in [0.3, 0.4) is 0 Å². The molecule has 0 aromatic heterocycles. The number of nitrogens with zero attached hydrogens (tertiary/aromatic N) is 2. The molecule has 1 spiro atoms. The Kier molecular flexibility index (Phi) is 3.39. The van der Waals surface area contributed by atoms with Crippen LogP contribution in [0.15, 0.2) is 35.9 Å². The molecule has 1 aromatic rings. The van der Waals surface area contributed by atoms with Crippen LogP contribution in [0.5, 0.6) is 0 Å². The zero-order chi connectivity index (χ0) is 19.8. The van der Waals surface area contributed by atoms with Gasteiger partial charge in [0.15, 0.2) is 0 Å². The Morgan fingerprint density at radius 2 is 2.00 bits per heavy atom. The number of piperazine rings is 1. The molecule has 0 aliphatic carbocycles. The maximum atomic E-state index is 13.4. The number of hydrogen-bond donors (Lipinski definition) is 2. The summed E-state index contributed by atoms with van der Waals surface area (Å²) >= 11 is 0. The maximum absolute atomic E-state index is 13.4. The zero-order valence-electron chi connectivity index (χ0n) is 15.9. The van der Waals surface area contributed by atoms with E-state index in [1.54, 1.807) is 0 Å². The number of carbonyl (C=O) groups excluding carboxylic acids is 3. The molecule has 1 aromatic carbocycles. The lowest BCUT2D eigenvalue weighted by atomic mass is 9.73. The van der Waals surface area contributed by atoms with E-state index in [1.165, 1.54) is 9.80 Å². The highest BCUT2D eigenvalue weighted by atomic mass is 16.3. The Morgan fingerprint density at radius 1 is 1.25 bits per heavy atom. The predicted octanol–water partition coefficient (Wildman–Crippen LogP) is 1.14. The fraction of sp³-hybridized carbons (Fsp3) is 0.476. The van der Waals surface area contributed by atoms with Gasteiger partial charge < -0.3 is 20.2 Å². The summed E-state index contributed by atoms with van der Waals surface area (Å²) in [7, 11) is 0. The molecule has 0 bridgehead atoms. The van der Waals surface area contributed by atoms with Gasteiger partial charge in [0, 0.05) is 18.7 Å². The number of fused-ring (bicyclic) bond motifs is 4. The number of rotatable bonds is 1. The van der Waals surface area contributed by atoms with E-state index in [1.807, 2.05) is 44.2 Å². The smallest absolute Gasteiger partial charge is 0.277 e. The molecule has 2 N–H and O–H groups in total. The van der Waals surface area contributed by atoms with Crippen LogP contribution in [-0.4, -0.2) is 57.0 Å². The average Bonchev–Trinajstić information content (AvgIpc) is 3.29. The second-order valence-electron chi connectivity index (χ2n) is 8.50. The van der Waals surface area contributed by atoms with Gasteiger partial charge in [-0.3, -0.25) is 14.4 Å². The third kappa shape index (κ3) is 1.90. The molecule has 3 amide bonds. The highest BCUT2D eigenvalue weighted by Crippen LogP contribution is 2.54. The van der Waals surface area contributed by atoms with Crippen molar-refractivity contribution >= 4 is 23.4 Å². The summed E-state index contributed by atoms with van der Waals surface area (Å²) in [4.78, 5) is 42.7. The quantitative estimate of drug-likeness (QED) is 0.714. The zero-order valence-corrected chi connectivity index (χ0v) is 15.9. The summed E-state index contributed by atoms with van der Waals surface area (Å²) in [5.41, 5.74) is -0.340.